The Balaban J connectivity index is 2.73. The number of nitrogens with zero attached hydrogens (tertiary/aromatic N) is 1. The standard InChI is InChI=1S/C15H21NO4/c1-2-3-9-16(10-8-14(17)18)13-6-4-12(5-7-13)11-15(19)20/h4-7H,2-3,8-11H2,1H3,(H,17,18)(H,19,20). The van der Waals surface area contributed by atoms with Crippen molar-refractivity contribution in [2.75, 3.05) is 18.0 Å². The van der Waals surface area contributed by atoms with Crippen LogP contribution in [0.3, 0.4) is 0 Å². The molecule has 0 aliphatic carbocycles. The first-order valence-corrected chi connectivity index (χ1v) is 6.80. The molecule has 0 fully saturated rings. The van der Waals surface area contributed by atoms with Crippen molar-refractivity contribution in [3.63, 3.8) is 0 Å². The van der Waals surface area contributed by atoms with E-state index in [-0.39, 0.29) is 12.8 Å². The molecule has 0 aliphatic heterocycles. The maximum Gasteiger partial charge on any atom is 0.307 e. The van der Waals surface area contributed by atoms with E-state index in [0.717, 1.165) is 30.6 Å². The molecule has 0 radical (unpaired) electrons. The minimum Gasteiger partial charge on any atom is -0.481 e. The molecule has 5 nitrogen and oxygen atoms in total. The van der Waals surface area contributed by atoms with Gasteiger partial charge in [0.1, 0.15) is 0 Å². The zero-order valence-corrected chi connectivity index (χ0v) is 11.7. The number of rotatable bonds is 9. The molecular formula is C15H21NO4. The van der Waals surface area contributed by atoms with Crippen LogP contribution in [0.4, 0.5) is 5.69 Å². The van der Waals surface area contributed by atoms with E-state index in [0.29, 0.717) is 6.54 Å². The lowest BCUT2D eigenvalue weighted by molar-refractivity contribution is -0.137. The van der Waals surface area contributed by atoms with E-state index >= 15 is 0 Å². The van der Waals surface area contributed by atoms with Crippen molar-refractivity contribution in [3.8, 4) is 0 Å². The van der Waals surface area contributed by atoms with Crippen LogP contribution in [-0.4, -0.2) is 35.2 Å². The Morgan fingerprint density at radius 2 is 1.70 bits per heavy atom. The third-order valence-electron chi connectivity index (χ3n) is 3.03. The van der Waals surface area contributed by atoms with Gasteiger partial charge in [0.2, 0.25) is 0 Å². The highest BCUT2D eigenvalue weighted by molar-refractivity contribution is 5.70. The molecule has 1 aromatic carbocycles. The second kappa shape index (κ2) is 8.19. The Kier molecular flexibility index (Phi) is 6.56. The monoisotopic (exact) mass is 279 g/mol. The van der Waals surface area contributed by atoms with E-state index in [1.54, 1.807) is 12.1 Å². The fourth-order valence-corrected chi connectivity index (χ4v) is 1.95. The first kappa shape index (κ1) is 16.0. The molecule has 110 valence electrons. The number of benzene rings is 1. The molecule has 0 aromatic heterocycles. The van der Waals surface area contributed by atoms with Crippen LogP contribution in [0.5, 0.6) is 0 Å². The SMILES string of the molecule is CCCCN(CCC(=O)O)c1ccc(CC(=O)O)cc1. The van der Waals surface area contributed by atoms with Crippen LogP contribution in [0.15, 0.2) is 24.3 Å². The average Bonchev–Trinajstić information content (AvgIpc) is 2.39. The van der Waals surface area contributed by atoms with Crippen molar-refractivity contribution >= 4 is 17.6 Å². The van der Waals surface area contributed by atoms with Crippen LogP contribution < -0.4 is 4.90 Å². The smallest absolute Gasteiger partial charge is 0.307 e. The van der Waals surface area contributed by atoms with Crippen LogP contribution in [0.25, 0.3) is 0 Å². The van der Waals surface area contributed by atoms with Gasteiger partial charge in [0, 0.05) is 18.8 Å². The molecule has 0 saturated heterocycles. The topological polar surface area (TPSA) is 77.8 Å². The minimum absolute atomic E-state index is 0.00433. The van der Waals surface area contributed by atoms with E-state index in [1.807, 2.05) is 17.0 Å². The molecule has 0 saturated carbocycles. The van der Waals surface area contributed by atoms with E-state index < -0.39 is 11.9 Å². The summed E-state index contributed by atoms with van der Waals surface area (Å²) in [5.41, 5.74) is 1.68. The number of carboxylic acids is 2. The number of unbranched alkanes of at least 4 members (excludes halogenated alkanes) is 1. The Morgan fingerprint density at radius 1 is 1.05 bits per heavy atom. The highest BCUT2D eigenvalue weighted by Gasteiger charge is 2.09. The molecule has 20 heavy (non-hydrogen) atoms. The number of carbonyl (C=O) groups is 2. The molecule has 1 aromatic rings. The molecular weight excluding hydrogens is 258 g/mol. The van der Waals surface area contributed by atoms with E-state index in [2.05, 4.69) is 6.92 Å². The van der Waals surface area contributed by atoms with Crippen LogP contribution in [0.2, 0.25) is 0 Å². The normalized spacial score (nSPS) is 10.2. The summed E-state index contributed by atoms with van der Waals surface area (Å²) in [5, 5.41) is 17.5. The lowest BCUT2D eigenvalue weighted by atomic mass is 10.1. The van der Waals surface area contributed by atoms with Crippen molar-refractivity contribution in [2.24, 2.45) is 0 Å². The second-order valence-electron chi connectivity index (χ2n) is 4.72. The lowest BCUT2D eigenvalue weighted by Gasteiger charge is -2.24. The maximum absolute atomic E-state index is 10.7. The fraction of sp³-hybridized carbons (Fsp3) is 0.467. The summed E-state index contributed by atoms with van der Waals surface area (Å²) in [6, 6.07) is 7.28. The molecule has 0 heterocycles. The summed E-state index contributed by atoms with van der Waals surface area (Å²) in [6.45, 7) is 3.36. The van der Waals surface area contributed by atoms with Crippen molar-refractivity contribution < 1.29 is 19.8 Å². The molecule has 0 unspecified atom stereocenters. The summed E-state index contributed by atoms with van der Waals surface area (Å²) in [4.78, 5) is 23.4. The molecule has 0 atom stereocenters. The zero-order valence-electron chi connectivity index (χ0n) is 11.7. The summed E-state index contributed by atoms with van der Waals surface area (Å²) < 4.78 is 0. The van der Waals surface area contributed by atoms with Gasteiger partial charge in [-0.15, -0.1) is 0 Å². The fourth-order valence-electron chi connectivity index (χ4n) is 1.95. The molecule has 5 heteroatoms. The third kappa shape index (κ3) is 5.73. The van der Waals surface area contributed by atoms with Gasteiger partial charge in [0.15, 0.2) is 0 Å². The molecule has 2 N–H and O–H groups in total. The molecule has 0 aliphatic rings. The second-order valence-corrected chi connectivity index (χ2v) is 4.72. The predicted octanol–water partition coefficient (Wildman–Crippen LogP) is 2.39. The number of carboxylic acid groups (broad SMARTS) is 2. The molecule has 0 bridgehead atoms. The number of hydrogen-bond donors (Lipinski definition) is 2. The van der Waals surface area contributed by atoms with Crippen LogP contribution >= 0.6 is 0 Å². The van der Waals surface area contributed by atoms with Gasteiger partial charge < -0.3 is 15.1 Å². The highest BCUT2D eigenvalue weighted by Crippen LogP contribution is 2.17. The average molecular weight is 279 g/mol. The van der Waals surface area contributed by atoms with Gasteiger partial charge in [0.05, 0.1) is 12.8 Å². The van der Waals surface area contributed by atoms with Crippen LogP contribution in [0, 0.1) is 0 Å². The highest BCUT2D eigenvalue weighted by atomic mass is 16.4. The van der Waals surface area contributed by atoms with Gasteiger partial charge in [-0.1, -0.05) is 25.5 Å². The predicted molar refractivity (Wildman–Crippen MR) is 77.2 cm³/mol. The first-order valence-electron chi connectivity index (χ1n) is 6.80. The Morgan fingerprint density at radius 3 is 2.20 bits per heavy atom. The van der Waals surface area contributed by atoms with Gasteiger partial charge in [-0.2, -0.15) is 0 Å². The van der Waals surface area contributed by atoms with Crippen molar-refractivity contribution in [1.29, 1.82) is 0 Å². The summed E-state index contributed by atoms with van der Waals surface area (Å²) in [7, 11) is 0. The first-order chi connectivity index (χ1) is 9.52. The minimum atomic E-state index is -0.855. The van der Waals surface area contributed by atoms with E-state index in [4.69, 9.17) is 10.2 Å². The Bertz CT molecular complexity index is 442. The molecule has 0 amide bonds. The molecule has 0 spiro atoms. The van der Waals surface area contributed by atoms with Gasteiger partial charge in [-0.05, 0) is 24.1 Å². The quantitative estimate of drug-likeness (QED) is 0.725. The zero-order chi connectivity index (χ0) is 15.0. The number of hydrogen-bond acceptors (Lipinski definition) is 3. The number of aliphatic carboxylic acids is 2. The van der Waals surface area contributed by atoms with Gasteiger partial charge in [0.25, 0.3) is 0 Å². The third-order valence-corrected chi connectivity index (χ3v) is 3.03. The van der Waals surface area contributed by atoms with Gasteiger partial charge >= 0.3 is 11.9 Å². The van der Waals surface area contributed by atoms with E-state index in [1.165, 1.54) is 0 Å². The summed E-state index contributed by atoms with van der Waals surface area (Å²) in [6.07, 6.45) is 2.14. The molecule has 1 rings (SSSR count). The van der Waals surface area contributed by atoms with E-state index in [9.17, 15) is 9.59 Å². The van der Waals surface area contributed by atoms with Crippen LogP contribution in [0.1, 0.15) is 31.7 Å². The number of anilines is 1. The Hall–Kier alpha value is -2.04. The summed E-state index contributed by atoms with van der Waals surface area (Å²) in [5.74, 6) is -1.67. The largest absolute Gasteiger partial charge is 0.481 e. The summed E-state index contributed by atoms with van der Waals surface area (Å²) >= 11 is 0. The van der Waals surface area contributed by atoms with Crippen LogP contribution in [-0.2, 0) is 16.0 Å². The maximum atomic E-state index is 10.7. The van der Waals surface area contributed by atoms with Crippen molar-refractivity contribution in [2.45, 2.75) is 32.6 Å². The van der Waals surface area contributed by atoms with Gasteiger partial charge in [-0.3, -0.25) is 9.59 Å². The van der Waals surface area contributed by atoms with Gasteiger partial charge in [-0.25, -0.2) is 0 Å². The van der Waals surface area contributed by atoms with Crippen molar-refractivity contribution in [3.05, 3.63) is 29.8 Å². The Labute approximate surface area is 118 Å². The van der Waals surface area contributed by atoms with Crippen molar-refractivity contribution in [1.82, 2.24) is 0 Å². The lowest BCUT2D eigenvalue weighted by Crippen LogP contribution is -2.27.